The van der Waals surface area contributed by atoms with E-state index in [1.54, 1.807) is 0 Å². The Morgan fingerprint density at radius 1 is 0.920 bits per heavy atom. The van der Waals surface area contributed by atoms with Crippen molar-refractivity contribution in [3.05, 3.63) is 0 Å². The van der Waals surface area contributed by atoms with Crippen LogP contribution in [0, 0.1) is 0 Å². The molecule has 2 heterocycles. The van der Waals surface area contributed by atoms with Crippen LogP contribution in [0.1, 0.15) is 0 Å². The highest BCUT2D eigenvalue weighted by Crippen LogP contribution is 2.28. The van der Waals surface area contributed by atoms with Gasteiger partial charge in [0.15, 0.2) is 18.7 Å². The van der Waals surface area contributed by atoms with Crippen LogP contribution in [0.4, 0.5) is 0 Å². The van der Waals surface area contributed by atoms with Crippen molar-refractivity contribution in [3.8, 4) is 0 Å². The summed E-state index contributed by atoms with van der Waals surface area (Å²) >= 11 is 0. The fraction of sp³-hybridized carbons (Fsp3) is 0.923. The van der Waals surface area contributed by atoms with Crippen molar-refractivity contribution in [2.75, 3.05) is 13.7 Å². The van der Waals surface area contributed by atoms with Gasteiger partial charge in [-0.05, 0) is 0 Å². The molecule has 0 spiro atoms. The summed E-state index contributed by atoms with van der Waals surface area (Å²) in [7, 11) is 1.02. The van der Waals surface area contributed by atoms with Gasteiger partial charge >= 0.3 is 5.97 Å². The normalized spacial score (nSPS) is 48.2. The molecule has 12 heteroatoms. The maximum atomic E-state index is 11.6. The van der Waals surface area contributed by atoms with Gasteiger partial charge in [0, 0.05) is 0 Å². The number of methoxy groups -OCH3 is 1. The van der Waals surface area contributed by atoms with Crippen molar-refractivity contribution >= 4 is 5.97 Å². The summed E-state index contributed by atoms with van der Waals surface area (Å²) in [6.45, 7) is -0.722. The fourth-order valence-electron chi connectivity index (χ4n) is 2.66. The summed E-state index contributed by atoms with van der Waals surface area (Å²) in [5, 5.41) is 67.9. The molecule has 12 nitrogen and oxygen atoms in total. The molecule has 2 aliphatic rings. The standard InChI is InChI=1S/C13H22O12/c1-22-12(21)10-5(16)4(15)8(19)13(25-10)24-9-3(2-14)23-11(20)7(18)6(9)17/h3-11,13-20H,2H2,1H3/t3-,4+,5+,6-,7-,8-,9-,10+,11-,13+/m1/s1. The third-order valence-electron chi connectivity index (χ3n) is 4.13. The first kappa shape index (κ1) is 20.4. The second-order valence-corrected chi connectivity index (χ2v) is 5.75. The summed E-state index contributed by atoms with van der Waals surface area (Å²) in [5.74, 6) is -1.04. The molecule has 25 heavy (non-hydrogen) atoms. The third-order valence-corrected chi connectivity index (χ3v) is 4.13. The lowest BCUT2D eigenvalue weighted by atomic mass is 9.97. The SMILES string of the molecule is COC(=O)[C@H]1O[C@H](O[C@H]2[C@H](O)[C@@H](O)[C@H](O)O[C@@H]2CO)[C@H](O)[C@@H](O)[C@@H]1O. The summed E-state index contributed by atoms with van der Waals surface area (Å²) < 4.78 is 19.7. The van der Waals surface area contributed by atoms with Crippen LogP contribution in [0.2, 0.25) is 0 Å². The quantitative estimate of drug-likeness (QED) is 0.233. The highest BCUT2D eigenvalue weighted by atomic mass is 16.7. The Bertz CT molecular complexity index is 458. The Morgan fingerprint density at radius 2 is 1.56 bits per heavy atom. The van der Waals surface area contributed by atoms with Gasteiger partial charge in [-0.15, -0.1) is 0 Å². The predicted molar refractivity (Wildman–Crippen MR) is 73.5 cm³/mol. The molecular formula is C13H22O12. The maximum Gasteiger partial charge on any atom is 0.337 e. The topological polar surface area (TPSA) is 196 Å². The molecule has 0 bridgehead atoms. The fourth-order valence-corrected chi connectivity index (χ4v) is 2.66. The van der Waals surface area contributed by atoms with E-state index < -0.39 is 74.0 Å². The molecule has 0 unspecified atom stereocenters. The van der Waals surface area contributed by atoms with Crippen LogP contribution in [-0.2, 0) is 23.7 Å². The molecule has 2 rings (SSSR count). The van der Waals surface area contributed by atoms with E-state index in [4.69, 9.17) is 14.2 Å². The van der Waals surface area contributed by atoms with E-state index in [0.717, 1.165) is 7.11 Å². The van der Waals surface area contributed by atoms with Gasteiger partial charge in [0.05, 0.1) is 13.7 Å². The first-order valence-electron chi connectivity index (χ1n) is 7.46. The molecule has 0 aromatic heterocycles. The van der Waals surface area contributed by atoms with Crippen LogP contribution in [0.15, 0.2) is 0 Å². The van der Waals surface area contributed by atoms with E-state index in [-0.39, 0.29) is 0 Å². The number of hydrogen-bond acceptors (Lipinski definition) is 12. The van der Waals surface area contributed by atoms with Gasteiger partial charge in [0.2, 0.25) is 0 Å². The van der Waals surface area contributed by atoms with Gasteiger partial charge in [-0.25, -0.2) is 4.79 Å². The summed E-state index contributed by atoms with van der Waals surface area (Å²) in [5.41, 5.74) is 0. The molecule has 0 radical (unpaired) electrons. The first-order valence-corrected chi connectivity index (χ1v) is 7.46. The monoisotopic (exact) mass is 370 g/mol. The Hall–Kier alpha value is -0.930. The number of aliphatic hydroxyl groups excluding tert-OH is 7. The number of rotatable bonds is 4. The molecule has 0 aliphatic carbocycles. The number of esters is 1. The van der Waals surface area contributed by atoms with E-state index in [2.05, 4.69) is 4.74 Å². The van der Waals surface area contributed by atoms with Gasteiger partial charge in [-0.3, -0.25) is 0 Å². The molecular weight excluding hydrogens is 348 g/mol. The highest BCUT2D eigenvalue weighted by molar-refractivity contribution is 5.75. The Balaban J connectivity index is 2.17. The van der Waals surface area contributed by atoms with Crippen LogP contribution in [0.25, 0.3) is 0 Å². The lowest BCUT2D eigenvalue weighted by molar-refractivity contribution is -0.351. The van der Waals surface area contributed by atoms with Crippen LogP contribution in [0.3, 0.4) is 0 Å². The molecule has 2 saturated heterocycles. The average Bonchev–Trinajstić information content (AvgIpc) is 2.61. The third kappa shape index (κ3) is 3.93. The molecule has 0 amide bonds. The van der Waals surface area contributed by atoms with E-state index in [9.17, 15) is 40.5 Å². The first-order chi connectivity index (χ1) is 11.7. The smallest absolute Gasteiger partial charge is 0.337 e. The number of carbonyl (C=O) groups excluding carboxylic acids is 1. The molecule has 7 N–H and O–H groups in total. The Kier molecular flexibility index (Phi) is 6.67. The second kappa shape index (κ2) is 8.18. The van der Waals surface area contributed by atoms with Gasteiger partial charge in [0.25, 0.3) is 0 Å². The zero-order chi connectivity index (χ0) is 18.9. The van der Waals surface area contributed by atoms with Gasteiger partial charge in [-0.2, -0.15) is 0 Å². The molecule has 146 valence electrons. The molecule has 0 saturated carbocycles. The van der Waals surface area contributed by atoms with Crippen LogP contribution >= 0.6 is 0 Å². The van der Waals surface area contributed by atoms with Gasteiger partial charge < -0.3 is 54.7 Å². The molecule has 2 aliphatic heterocycles. The number of ether oxygens (including phenoxy) is 4. The zero-order valence-corrected chi connectivity index (χ0v) is 13.2. The van der Waals surface area contributed by atoms with Crippen molar-refractivity contribution in [2.45, 2.75) is 61.4 Å². The predicted octanol–water partition coefficient (Wildman–Crippen LogP) is -5.22. The van der Waals surface area contributed by atoms with Gasteiger partial charge in [0.1, 0.15) is 42.7 Å². The summed E-state index contributed by atoms with van der Waals surface area (Å²) in [6, 6.07) is 0. The highest BCUT2D eigenvalue weighted by Gasteiger charge is 2.51. The number of aliphatic hydroxyl groups is 7. The minimum absolute atomic E-state index is 0.722. The Labute approximate surface area is 141 Å². The van der Waals surface area contributed by atoms with Crippen molar-refractivity contribution in [2.24, 2.45) is 0 Å². The minimum atomic E-state index is -1.84. The van der Waals surface area contributed by atoms with Crippen molar-refractivity contribution in [3.63, 3.8) is 0 Å². The number of hydrogen-bond donors (Lipinski definition) is 7. The van der Waals surface area contributed by atoms with E-state index >= 15 is 0 Å². The van der Waals surface area contributed by atoms with E-state index in [1.165, 1.54) is 0 Å². The van der Waals surface area contributed by atoms with Crippen LogP contribution in [-0.4, -0.2) is 117 Å². The zero-order valence-electron chi connectivity index (χ0n) is 13.2. The minimum Gasteiger partial charge on any atom is -0.467 e. The largest absolute Gasteiger partial charge is 0.467 e. The molecule has 10 atom stereocenters. The average molecular weight is 370 g/mol. The van der Waals surface area contributed by atoms with Crippen molar-refractivity contribution in [1.29, 1.82) is 0 Å². The maximum absolute atomic E-state index is 11.6. The summed E-state index contributed by atoms with van der Waals surface area (Å²) in [6.07, 6.45) is -17.0. The van der Waals surface area contributed by atoms with Crippen molar-refractivity contribution in [1.82, 2.24) is 0 Å². The van der Waals surface area contributed by atoms with Crippen LogP contribution in [0.5, 0.6) is 0 Å². The Morgan fingerprint density at radius 3 is 2.12 bits per heavy atom. The molecule has 2 fully saturated rings. The van der Waals surface area contributed by atoms with E-state index in [0.29, 0.717) is 0 Å². The lowest BCUT2D eigenvalue weighted by Gasteiger charge is -2.44. The van der Waals surface area contributed by atoms with Gasteiger partial charge in [-0.1, -0.05) is 0 Å². The van der Waals surface area contributed by atoms with Crippen LogP contribution < -0.4 is 0 Å². The van der Waals surface area contributed by atoms with Crippen molar-refractivity contribution < 1.29 is 59.5 Å². The second-order valence-electron chi connectivity index (χ2n) is 5.75. The molecule has 0 aromatic carbocycles. The lowest BCUT2D eigenvalue weighted by Crippen LogP contribution is -2.65. The van der Waals surface area contributed by atoms with E-state index in [1.807, 2.05) is 0 Å². The number of carbonyl (C=O) groups is 1. The molecule has 0 aromatic rings. The summed E-state index contributed by atoms with van der Waals surface area (Å²) in [4.78, 5) is 11.6.